The molecular formula is C14H13F3N2O. The third kappa shape index (κ3) is 3.71. The molecule has 0 atom stereocenters. The van der Waals surface area contributed by atoms with Crippen molar-refractivity contribution in [2.45, 2.75) is 12.7 Å². The van der Waals surface area contributed by atoms with Gasteiger partial charge in [0.25, 0.3) is 0 Å². The van der Waals surface area contributed by atoms with Crippen LogP contribution >= 0.6 is 0 Å². The number of halogens is 3. The van der Waals surface area contributed by atoms with E-state index in [0.29, 0.717) is 12.3 Å². The first-order valence-corrected chi connectivity index (χ1v) is 5.93. The number of hydrogen-bond acceptors (Lipinski definition) is 3. The third-order valence-corrected chi connectivity index (χ3v) is 2.57. The first-order chi connectivity index (χ1) is 9.49. The van der Waals surface area contributed by atoms with E-state index >= 15 is 0 Å². The van der Waals surface area contributed by atoms with Gasteiger partial charge in [-0.3, -0.25) is 0 Å². The van der Waals surface area contributed by atoms with Crippen molar-refractivity contribution in [1.29, 1.82) is 0 Å². The fraction of sp³-hybridized carbons (Fsp3) is 0.214. The fourth-order valence-corrected chi connectivity index (χ4v) is 1.65. The molecule has 0 aliphatic heterocycles. The van der Waals surface area contributed by atoms with E-state index in [-0.39, 0.29) is 5.88 Å². The minimum absolute atomic E-state index is 0.125. The van der Waals surface area contributed by atoms with Crippen molar-refractivity contribution in [3.63, 3.8) is 0 Å². The molecule has 106 valence electrons. The van der Waals surface area contributed by atoms with E-state index in [0.717, 1.165) is 17.8 Å². The Hall–Kier alpha value is -2.08. The first-order valence-electron chi connectivity index (χ1n) is 5.93. The van der Waals surface area contributed by atoms with Crippen LogP contribution in [0.2, 0.25) is 0 Å². The topological polar surface area (TPSA) is 34.1 Å². The molecule has 0 unspecified atom stereocenters. The summed E-state index contributed by atoms with van der Waals surface area (Å²) in [4.78, 5) is 3.66. The summed E-state index contributed by atoms with van der Waals surface area (Å²) >= 11 is 0. The SMILES string of the molecule is CNCc1cccc(Oc2ccc(C(F)(F)F)cn2)c1. The summed E-state index contributed by atoms with van der Waals surface area (Å²) in [6.07, 6.45) is -3.63. The van der Waals surface area contributed by atoms with E-state index in [2.05, 4.69) is 10.3 Å². The lowest BCUT2D eigenvalue weighted by atomic mass is 10.2. The summed E-state index contributed by atoms with van der Waals surface area (Å²) in [5.41, 5.74) is 0.214. The Morgan fingerprint density at radius 3 is 2.60 bits per heavy atom. The predicted molar refractivity (Wildman–Crippen MR) is 68.5 cm³/mol. The maximum Gasteiger partial charge on any atom is 0.417 e. The maximum atomic E-state index is 12.4. The molecule has 20 heavy (non-hydrogen) atoms. The molecule has 6 heteroatoms. The average Bonchev–Trinajstić information content (AvgIpc) is 2.39. The molecule has 1 aromatic heterocycles. The lowest BCUT2D eigenvalue weighted by molar-refractivity contribution is -0.137. The Balaban J connectivity index is 2.12. The first kappa shape index (κ1) is 14.3. The van der Waals surface area contributed by atoms with Crippen LogP contribution in [0.3, 0.4) is 0 Å². The zero-order chi connectivity index (χ0) is 14.6. The molecule has 0 aliphatic rings. The normalized spacial score (nSPS) is 11.4. The second-order valence-corrected chi connectivity index (χ2v) is 4.16. The third-order valence-electron chi connectivity index (χ3n) is 2.57. The van der Waals surface area contributed by atoms with Crippen molar-refractivity contribution in [3.8, 4) is 11.6 Å². The van der Waals surface area contributed by atoms with Gasteiger partial charge in [0.15, 0.2) is 0 Å². The fourth-order valence-electron chi connectivity index (χ4n) is 1.65. The predicted octanol–water partition coefficient (Wildman–Crippen LogP) is 3.61. The monoisotopic (exact) mass is 282 g/mol. The number of rotatable bonds is 4. The van der Waals surface area contributed by atoms with Gasteiger partial charge in [0.2, 0.25) is 5.88 Å². The van der Waals surface area contributed by atoms with Gasteiger partial charge >= 0.3 is 6.18 Å². The largest absolute Gasteiger partial charge is 0.439 e. The van der Waals surface area contributed by atoms with Crippen LogP contribution in [0.15, 0.2) is 42.6 Å². The molecule has 0 saturated carbocycles. The molecule has 0 saturated heterocycles. The van der Waals surface area contributed by atoms with Gasteiger partial charge in [-0.25, -0.2) is 4.98 Å². The zero-order valence-corrected chi connectivity index (χ0v) is 10.7. The van der Waals surface area contributed by atoms with Crippen molar-refractivity contribution in [1.82, 2.24) is 10.3 Å². The summed E-state index contributed by atoms with van der Waals surface area (Å²) < 4.78 is 42.6. The summed E-state index contributed by atoms with van der Waals surface area (Å²) in [6, 6.07) is 9.40. The number of nitrogens with zero attached hydrogens (tertiary/aromatic N) is 1. The Kier molecular flexibility index (Phi) is 4.24. The van der Waals surface area contributed by atoms with Gasteiger partial charge in [0, 0.05) is 18.8 Å². The molecule has 1 heterocycles. The average molecular weight is 282 g/mol. The van der Waals surface area contributed by atoms with E-state index in [1.54, 1.807) is 12.1 Å². The van der Waals surface area contributed by atoms with E-state index in [4.69, 9.17) is 4.74 Å². The minimum atomic E-state index is -4.39. The number of alkyl halides is 3. The van der Waals surface area contributed by atoms with Crippen molar-refractivity contribution in [2.24, 2.45) is 0 Å². The van der Waals surface area contributed by atoms with Gasteiger partial charge in [-0.05, 0) is 30.8 Å². The van der Waals surface area contributed by atoms with Crippen molar-refractivity contribution >= 4 is 0 Å². The van der Waals surface area contributed by atoms with E-state index < -0.39 is 11.7 Å². The van der Waals surface area contributed by atoms with Gasteiger partial charge < -0.3 is 10.1 Å². The number of benzene rings is 1. The quantitative estimate of drug-likeness (QED) is 0.930. The number of hydrogen-bond donors (Lipinski definition) is 1. The number of aromatic nitrogens is 1. The van der Waals surface area contributed by atoms with E-state index in [9.17, 15) is 13.2 Å². The van der Waals surface area contributed by atoms with Crippen LogP contribution in [0.5, 0.6) is 11.6 Å². The molecular weight excluding hydrogens is 269 g/mol. The Morgan fingerprint density at radius 2 is 2.00 bits per heavy atom. The summed E-state index contributed by atoms with van der Waals surface area (Å²) in [5, 5.41) is 3.00. The van der Waals surface area contributed by atoms with Crippen LogP contribution in [-0.4, -0.2) is 12.0 Å². The second-order valence-electron chi connectivity index (χ2n) is 4.16. The molecule has 0 aliphatic carbocycles. The highest BCUT2D eigenvalue weighted by Crippen LogP contribution is 2.30. The summed E-state index contributed by atoms with van der Waals surface area (Å²) in [5.74, 6) is 0.657. The molecule has 3 nitrogen and oxygen atoms in total. The summed E-state index contributed by atoms with van der Waals surface area (Å²) in [6.45, 7) is 0.678. The van der Waals surface area contributed by atoms with Crippen LogP contribution in [0, 0.1) is 0 Å². The van der Waals surface area contributed by atoms with E-state index in [1.165, 1.54) is 6.07 Å². The Labute approximate surface area is 114 Å². The Morgan fingerprint density at radius 1 is 1.20 bits per heavy atom. The Bertz CT molecular complexity index is 567. The van der Waals surface area contributed by atoms with Crippen molar-refractivity contribution in [2.75, 3.05) is 7.05 Å². The summed E-state index contributed by atoms with van der Waals surface area (Å²) in [7, 11) is 1.82. The van der Waals surface area contributed by atoms with Crippen LogP contribution in [-0.2, 0) is 12.7 Å². The molecule has 1 N–H and O–H groups in total. The van der Waals surface area contributed by atoms with Crippen LogP contribution in [0.1, 0.15) is 11.1 Å². The minimum Gasteiger partial charge on any atom is -0.439 e. The lowest BCUT2D eigenvalue weighted by Crippen LogP contribution is -2.05. The smallest absolute Gasteiger partial charge is 0.417 e. The van der Waals surface area contributed by atoms with Gasteiger partial charge in [-0.1, -0.05) is 12.1 Å². The van der Waals surface area contributed by atoms with Crippen LogP contribution in [0.25, 0.3) is 0 Å². The van der Waals surface area contributed by atoms with Crippen molar-refractivity contribution < 1.29 is 17.9 Å². The molecule has 0 spiro atoms. The second kappa shape index (κ2) is 5.92. The molecule has 0 amide bonds. The van der Waals surface area contributed by atoms with Gasteiger partial charge in [-0.2, -0.15) is 13.2 Å². The number of pyridine rings is 1. The highest BCUT2D eigenvalue weighted by atomic mass is 19.4. The van der Waals surface area contributed by atoms with Gasteiger partial charge in [0.1, 0.15) is 5.75 Å². The lowest BCUT2D eigenvalue weighted by Gasteiger charge is -2.09. The van der Waals surface area contributed by atoms with Crippen molar-refractivity contribution in [3.05, 3.63) is 53.7 Å². The number of nitrogens with one attached hydrogen (secondary N) is 1. The molecule has 2 rings (SSSR count). The van der Waals surface area contributed by atoms with Gasteiger partial charge in [0.05, 0.1) is 5.56 Å². The van der Waals surface area contributed by atoms with Gasteiger partial charge in [-0.15, -0.1) is 0 Å². The molecule has 2 aromatic rings. The number of ether oxygens (including phenoxy) is 1. The maximum absolute atomic E-state index is 12.4. The highest BCUT2D eigenvalue weighted by Gasteiger charge is 2.30. The molecule has 0 bridgehead atoms. The molecule has 1 aromatic carbocycles. The van der Waals surface area contributed by atoms with Crippen LogP contribution in [0.4, 0.5) is 13.2 Å². The van der Waals surface area contributed by atoms with E-state index in [1.807, 2.05) is 19.2 Å². The van der Waals surface area contributed by atoms with Crippen LogP contribution < -0.4 is 10.1 Å². The zero-order valence-electron chi connectivity index (χ0n) is 10.7. The molecule has 0 fully saturated rings. The highest BCUT2D eigenvalue weighted by molar-refractivity contribution is 5.32. The standard InChI is InChI=1S/C14H13F3N2O/c1-18-8-10-3-2-4-12(7-10)20-13-6-5-11(9-19-13)14(15,16)17/h2-7,9,18H,8H2,1H3. The molecule has 0 radical (unpaired) electrons.